The summed E-state index contributed by atoms with van der Waals surface area (Å²) in [5.74, 6) is -1.74. The standard InChI is InChI=1S/C21H18N4O5/c1-14(26)22-17(12-15-8-4-2-5-9-15)20(28)29-13-18(27)23-21-25-24-19(30-21)16-10-6-3-7-11-16/h2-12H,13H2,1H3,(H,22,26)(H,23,25,27)/b17-12-. The zero-order valence-corrected chi connectivity index (χ0v) is 16.0. The van der Waals surface area contributed by atoms with Gasteiger partial charge < -0.3 is 14.5 Å². The van der Waals surface area contributed by atoms with E-state index in [-0.39, 0.29) is 17.6 Å². The maximum absolute atomic E-state index is 12.3. The molecule has 3 rings (SSSR count). The number of anilines is 1. The lowest BCUT2D eigenvalue weighted by Gasteiger charge is -2.08. The molecule has 2 aromatic carbocycles. The van der Waals surface area contributed by atoms with Crippen molar-refractivity contribution in [1.29, 1.82) is 0 Å². The van der Waals surface area contributed by atoms with E-state index >= 15 is 0 Å². The third kappa shape index (κ3) is 5.86. The molecule has 0 atom stereocenters. The van der Waals surface area contributed by atoms with Crippen molar-refractivity contribution in [3.05, 3.63) is 71.9 Å². The maximum Gasteiger partial charge on any atom is 0.355 e. The van der Waals surface area contributed by atoms with Gasteiger partial charge in [0.05, 0.1) is 0 Å². The topological polar surface area (TPSA) is 123 Å². The van der Waals surface area contributed by atoms with Crippen LogP contribution in [-0.2, 0) is 19.1 Å². The van der Waals surface area contributed by atoms with E-state index in [1.54, 1.807) is 36.4 Å². The average molecular weight is 406 g/mol. The fraction of sp³-hybridized carbons (Fsp3) is 0.0952. The van der Waals surface area contributed by atoms with E-state index in [0.29, 0.717) is 11.1 Å². The monoisotopic (exact) mass is 406 g/mol. The minimum Gasteiger partial charge on any atom is -0.451 e. The fourth-order valence-corrected chi connectivity index (χ4v) is 2.39. The van der Waals surface area contributed by atoms with Gasteiger partial charge in [-0.3, -0.25) is 14.9 Å². The quantitative estimate of drug-likeness (QED) is 0.456. The summed E-state index contributed by atoms with van der Waals surface area (Å²) in [4.78, 5) is 35.7. The SMILES string of the molecule is CC(=O)N/C(=C\c1ccccc1)C(=O)OCC(=O)Nc1nnc(-c2ccccc2)o1. The largest absolute Gasteiger partial charge is 0.451 e. The van der Waals surface area contributed by atoms with E-state index in [1.165, 1.54) is 13.0 Å². The summed E-state index contributed by atoms with van der Waals surface area (Å²) in [6.45, 7) is 0.659. The molecular formula is C21H18N4O5. The number of ether oxygens (including phenoxy) is 1. The molecule has 0 bridgehead atoms. The van der Waals surface area contributed by atoms with Gasteiger partial charge in [-0.15, -0.1) is 5.10 Å². The first-order valence-corrected chi connectivity index (χ1v) is 8.91. The van der Waals surface area contributed by atoms with Gasteiger partial charge in [0, 0.05) is 12.5 Å². The van der Waals surface area contributed by atoms with Crippen molar-refractivity contribution in [1.82, 2.24) is 15.5 Å². The predicted octanol–water partition coefficient (Wildman–Crippen LogP) is 2.40. The molecular weight excluding hydrogens is 388 g/mol. The predicted molar refractivity (Wildman–Crippen MR) is 108 cm³/mol. The van der Waals surface area contributed by atoms with Crippen molar-refractivity contribution in [2.45, 2.75) is 6.92 Å². The Morgan fingerprint density at radius 1 is 1.00 bits per heavy atom. The second-order valence-electron chi connectivity index (χ2n) is 6.05. The Kier molecular flexibility index (Phi) is 6.67. The van der Waals surface area contributed by atoms with Crippen molar-refractivity contribution in [2.24, 2.45) is 0 Å². The van der Waals surface area contributed by atoms with Crippen LogP contribution in [0, 0.1) is 0 Å². The van der Waals surface area contributed by atoms with E-state index < -0.39 is 24.4 Å². The highest BCUT2D eigenvalue weighted by Gasteiger charge is 2.16. The second-order valence-corrected chi connectivity index (χ2v) is 6.05. The Bertz CT molecular complexity index is 1060. The summed E-state index contributed by atoms with van der Waals surface area (Å²) in [5, 5.41) is 12.3. The minimum absolute atomic E-state index is 0.0920. The highest BCUT2D eigenvalue weighted by Crippen LogP contribution is 2.18. The van der Waals surface area contributed by atoms with Crippen LogP contribution in [0.2, 0.25) is 0 Å². The molecule has 0 saturated carbocycles. The Hall–Kier alpha value is -4.27. The van der Waals surface area contributed by atoms with Crippen molar-refractivity contribution in [2.75, 3.05) is 11.9 Å². The molecule has 3 aromatic rings. The maximum atomic E-state index is 12.3. The highest BCUT2D eigenvalue weighted by atomic mass is 16.5. The number of nitrogens with one attached hydrogen (secondary N) is 2. The third-order valence-electron chi connectivity index (χ3n) is 3.67. The first kappa shape index (κ1) is 20.5. The van der Waals surface area contributed by atoms with Crippen molar-refractivity contribution in [3.8, 4) is 11.5 Å². The number of rotatable bonds is 7. The Labute approximate surface area is 171 Å². The summed E-state index contributed by atoms with van der Waals surface area (Å²) < 4.78 is 10.3. The van der Waals surface area contributed by atoms with Gasteiger partial charge in [0.2, 0.25) is 11.8 Å². The number of nitrogens with zero attached hydrogens (tertiary/aromatic N) is 2. The fourth-order valence-electron chi connectivity index (χ4n) is 2.39. The van der Waals surface area contributed by atoms with Crippen LogP contribution >= 0.6 is 0 Å². The van der Waals surface area contributed by atoms with E-state index in [0.717, 1.165) is 0 Å². The third-order valence-corrected chi connectivity index (χ3v) is 3.67. The summed E-state index contributed by atoms with van der Waals surface area (Å²) >= 11 is 0. The smallest absolute Gasteiger partial charge is 0.355 e. The number of hydrogen-bond donors (Lipinski definition) is 2. The van der Waals surface area contributed by atoms with Crippen LogP contribution in [0.3, 0.4) is 0 Å². The van der Waals surface area contributed by atoms with Gasteiger partial charge in [-0.05, 0) is 23.8 Å². The average Bonchev–Trinajstić information content (AvgIpc) is 3.21. The van der Waals surface area contributed by atoms with Crippen molar-refractivity contribution >= 4 is 29.9 Å². The van der Waals surface area contributed by atoms with Gasteiger partial charge >= 0.3 is 12.0 Å². The summed E-state index contributed by atoms with van der Waals surface area (Å²) in [7, 11) is 0. The van der Waals surface area contributed by atoms with Crippen LogP contribution in [0.1, 0.15) is 12.5 Å². The Morgan fingerprint density at radius 3 is 2.33 bits per heavy atom. The highest BCUT2D eigenvalue weighted by molar-refractivity contribution is 5.99. The molecule has 0 aliphatic carbocycles. The van der Waals surface area contributed by atoms with E-state index in [4.69, 9.17) is 9.15 Å². The number of carbonyl (C=O) groups is 3. The van der Waals surface area contributed by atoms with Gasteiger partial charge in [0.25, 0.3) is 5.91 Å². The molecule has 2 amide bonds. The Morgan fingerprint density at radius 2 is 1.67 bits per heavy atom. The molecule has 0 spiro atoms. The molecule has 0 unspecified atom stereocenters. The molecule has 0 fully saturated rings. The van der Waals surface area contributed by atoms with Crippen LogP contribution in [-0.4, -0.2) is 34.6 Å². The lowest BCUT2D eigenvalue weighted by molar-refractivity contribution is -0.144. The van der Waals surface area contributed by atoms with Gasteiger partial charge in [0.15, 0.2) is 6.61 Å². The van der Waals surface area contributed by atoms with Crippen LogP contribution < -0.4 is 10.6 Å². The van der Waals surface area contributed by atoms with Gasteiger partial charge in [-0.1, -0.05) is 53.6 Å². The summed E-state index contributed by atoms with van der Waals surface area (Å²) in [6.07, 6.45) is 1.45. The molecule has 0 radical (unpaired) electrons. The first-order chi connectivity index (χ1) is 14.5. The number of amides is 2. The molecule has 1 aromatic heterocycles. The van der Waals surface area contributed by atoms with E-state index in [1.807, 2.05) is 24.3 Å². The number of carbonyl (C=O) groups excluding carboxylic acids is 3. The molecule has 30 heavy (non-hydrogen) atoms. The number of esters is 1. The lowest BCUT2D eigenvalue weighted by atomic mass is 10.2. The molecule has 9 nitrogen and oxygen atoms in total. The van der Waals surface area contributed by atoms with Gasteiger partial charge in [-0.25, -0.2) is 4.79 Å². The van der Waals surface area contributed by atoms with E-state index in [2.05, 4.69) is 20.8 Å². The van der Waals surface area contributed by atoms with Gasteiger partial charge in [0.1, 0.15) is 5.70 Å². The summed E-state index contributed by atoms with van der Waals surface area (Å²) in [5.41, 5.74) is 1.29. The second kappa shape index (κ2) is 9.78. The zero-order chi connectivity index (χ0) is 21.3. The normalized spacial score (nSPS) is 10.9. The van der Waals surface area contributed by atoms with Crippen LogP contribution in [0.25, 0.3) is 17.5 Å². The van der Waals surface area contributed by atoms with Crippen LogP contribution in [0.5, 0.6) is 0 Å². The molecule has 0 aliphatic rings. The van der Waals surface area contributed by atoms with Crippen molar-refractivity contribution in [3.63, 3.8) is 0 Å². The molecule has 9 heteroatoms. The minimum atomic E-state index is -0.861. The first-order valence-electron chi connectivity index (χ1n) is 8.91. The molecule has 0 saturated heterocycles. The molecule has 1 heterocycles. The number of aromatic nitrogens is 2. The van der Waals surface area contributed by atoms with Crippen LogP contribution in [0.4, 0.5) is 6.01 Å². The lowest BCUT2D eigenvalue weighted by Crippen LogP contribution is -2.28. The molecule has 2 N–H and O–H groups in total. The van der Waals surface area contributed by atoms with Gasteiger partial charge in [-0.2, -0.15) is 0 Å². The molecule has 0 aliphatic heterocycles. The van der Waals surface area contributed by atoms with E-state index in [9.17, 15) is 14.4 Å². The zero-order valence-electron chi connectivity index (χ0n) is 16.0. The number of benzene rings is 2. The number of hydrogen-bond acceptors (Lipinski definition) is 7. The molecule has 152 valence electrons. The van der Waals surface area contributed by atoms with Crippen LogP contribution in [0.15, 0.2) is 70.8 Å². The summed E-state index contributed by atoms with van der Waals surface area (Å²) in [6, 6.07) is 17.8. The Balaban J connectivity index is 1.59. The van der Waals surface area contributed by atoms with Crippen molar-refractivity contribution < 1.29 is 23.5 Å².